The van der Waals surface area contributed by atoms with Gasteiger partial charge in [0.1, 0.15) is 18.3 Å². The van der Waals surface area contributed by atoms with Crippen molar-refractivity contribution < 1.29 is 20.1 Å². The SMILES string of the molecule is OC[C@H]1O[C@@H](n2cnc3c(N4Cc5ccccc5C5(CCCCC5)C4)nc(Cl)nc32)C(O)[C@H]1O. The number of aliphatic hydroxyl groups is 3. The van der Waals surface area contributed by atoms with Crippen LogP contribution in [0, 0.1) is 0 Å². The molecule has 10 heteroatoms. The smallest absolute Gasteiger partial charge is 0.226 e. The Hall–Kier alpha value is -2.30. The molecule has 9 nitrogen and oxygen atoms in total. The first-order chi connectivity index (χ1) is 16.5. The molecule has 0 bridgehead atoms. The summed E-state index contributed by atoms with van der Waals surface area (Å²) >= 11 is 6.39. The third kappa shape index (κ3) is 3.41. The summed E-state index contributed by atoms with van der Waals surface area (Å²) in [5.41, 5.74) is 3.79. The van der Waals surface area contributed by atoms with Gasteiger partial charge < -0.3 is 25.0 Å². The summed E-state index contributed by atoms with van der Waals surface area (Å²) in [6.45, 7) is 1.12. The lowest BCUT2D eigenvalue weighted by Gasteiger charge is -2.47. The van der Waals surface area contributed by atoms with Gasteiger partial charge >= 0.3 is 0 Å². The van der Waals surface area contributed by atoms with Crippen molar-refractivity contribution in [2.24, 2.45) is 0 Å². The predicted octanol–water partition coefficient (Wildman–Crippen LogP) is 2.31. The molecule has 0 amide bonds. The standard InChI is InChI=1S/C24H28ClN5O4/c25-23-27-20(17-21(28-23)30(13-26-17)22-19(33)18(32)16(11-31)34-22)29-10-14-6-2-3-7-15(14)24(12-29)8-4-1-5-9-24/h2-3,6-7,13,16,18-19,22,31-33H,1,4-5,8-12H2/t16-,18+,19?,22-/m1/s1. The Kier molecular flexibility index (Phi) is 5.50. The summed E-state index contributed by atoms with van der Waals surface area (Å²) in [7, 11) is 0. The number of rotatable bonds is 3. The molecule has 1 spiro atoms. The minimum Gasteiger partial charge on any atom is -0.394 e. The van der Waals surface area contributed by atoms with E-state index in [-0.39, 0.29) is 10.7 Å². The van der Waals surface area contributed by atoms with E-state index >= 15 is 0 Å². The Morgan fingerprint density at radius 3 is 2.65 bits per heavy atom. The van der Waals surface area contributed by atoms with Crippen LogP contribution in [0.4, 0.5) is 5.82 Å². The number of benzene rings is 1. The zero-order chi connectivity index (χ0) is 23.4. The molecule has 2 fully saturated rings. The molecule has 3 aromatic rings. The van der Waals surface area contributed by atoms with Crippen LogP contribution < -0.4 is 4.90 Å². The van der Waals surface area contributed by atoms with Gasteiger partial charge in [0, 0.05) is 18.5 Å². The number of aromatic nitrogens is 4. The molecule has 3 aliphatic rings. The van der Waals surface area contributed by atoms with Gasteiger partial charge in [-0.15, -0.1) is 0 Å². The van der Waals surface area contributed by atoms with Crippen LogP contribution in [0.2, 0.25) is 5.28 Å². The lowest BCUT2D eigenvalue weighted by atomic mass is 9.66. The average molecular weight is 486 g/mol. The maximum Gasteiger partial charge on any atom is 0.226 e. The van der Waals surface area contributed by atoms with E-state index in [1.807, 2.05) is 0 Å². The van der Waals surface area contributed by atoms with E-state index in [1.165, 1.54) is 36.7 Å². The van der Waals surface area contributed by atoms with Gasteiger partial charge in [-0.3, -0.25) is 4.57 Å². The zero-order valence-corrected chi connectivity index (χ0v) is 19.5. The highest BCUT2D eigenvalue weighted by Gasteiger charge is 2.45. The normalized spacial score (nSPS) is 28.5. The van der Waals surface area contributed by atoms with Gasteiger partial charge in [-0.25, -0.2) is 4.98 Å². The molecule has 0 radical (unpaired) electrons. The van der Waals surface area contributed by atoms with Crippen LogP contribution in [-0.4, -0.2) is 66.3 Å². The Labute approximate surface area is 202 Å². The molecule has 4 atom stereocenters. The minimum atomic E-state index is -1.24. The largest absolute Gasteiger partial charge is 0.394 e. The fraction of sp³-hybridized carbons (Fsp3) is 0.542. The molecule has 3 N–H and O–H groups in total. The van der Waals surface area contributed by atoms with Crippen molar-refractivity contribution in [2.75, 3.05) is 18.1 Å². The second kappa shape index (κ2) is 8.42. The third-order valence-corrected chi connectivity index (χ3v) is 7.89. The molecule has 1 aliphatic carbocycles. The number of imidazole rings is 1. The van der Waals surface area contributed by atoms with Gasteiger partial charge in [0.2, 0.25) is 5.28 Å². The summed E-state index contributed by atoms with van der Waals surface area (Å²) in [4.78, 5) is 15.8. The highest BCUT2D eigenvalue weighted by Crippen LogP contribution is 2.46. The van der Waals surface area contributed by atoms with Gasteiger partial charge in [-0.05, 0) is 35.6 Å². The van der Waals surface area contributed by atoms with E-state index < -0.39 is 31.1 Å². The monoisotopic (exact) mass is 485 g/mol. The lowest BCUT2D eigenvalue weighted by Crippen LogP contribution is -2.47. The molecule has 2 aliphatic heterocycles. The molecule has 34 heavy (non-hydrogen) atoms. The topological polar surface area (TPSA) is 117 Å². The Bertz CT molecular complexity index is 1210. The molecule has 1 saturated carbocycles. The number of anilines is 1. The number of aliphatic hydroxyl groups excluding tert-OH is 3. The summed E-state index contributed by atoms with van der Waals surface area (Å²) in [5, 5.41) is 30.3. The molecular weight excluding hydrogens is 458 g/mol. The fourth-order valence-electron chi connectivity index (χ4n) is 6.09. The van der Waals surface area contributed by atoms with E-state index in [0.717, 1.165) is 19.4 Å². The Morgan fingerprint density at radius 2 is 1.88 bits per heavy atom. The van der Waals surface area contributed by atoms with Crippen molar-refractivity contribution >= 4 is 28.6 Å². The molecule has 4 heterocycles. The molecule has 6 rings (SSSR count). The first-order valence-corrected chi connectivity index (χ1v) is 12.2. The minimum absolute atomic E-state index is 0.0720. The van der Waals surface area contributed by atoms with Crippen molar-refractivity contribution in [1.82, 2.24) is 19.5 Å². The molecule has 2 aromatic heterocycles. The van der Waals surface area contributed by atoms with Crippen LogP contribution in [0.1, 0.15) is 49.5 Å². The molecule has 1 saturated heterocycles. The molecule has 1 unspecified atom stereocenters. The quantitative estimate of drug-likeness (QED) is 0.484. The van der Waals surface area contributed by atoms with Crippen molar-refractivity contribution in [3.8, 4) is 0 Å². The number of hydrogen-bond acceptors (Lipinski definition) is 8. The summed E-state index contributed by atoms with van der Waals surface area (Å²) in [5.74, 6) is 0.653. The Balaban J connectivity index is 1.43. The maximum absolute atomic E-state index is 10.5. The van der Waals surface area contributed by atoms with Crippen LogP contribution in [-0.2, 0) is 16.7 Å². The summed E-state index contributed by atoms with van der Waals surface area (Å²) < 4.78 is 7.26. The van der Waals surface area contributed by atoms with Crippen LogP contribution in [0.15, 0.2) is 30.6 Å². The highest BCUT2D eigenvalue weighted by molar-refractivity contribution is 6.28. The first kappa shape index (κ1) is 22.2. The first-order valence-electron chi connectivity index (χ1n) is 11.9. The van der Waals surface area contributed by atoms with Crippen molar-refractivity contribution in [1.29, 1.82) is 0 Å². The molecule has 180 valence electrons. The van der Waals surface area contributed by atoms with E-state index in [0.29, 0.717) is 23.5 Å². The number of halogens is 1. The van der Waals surface area contributed by atoms with E-state index in [9.17, 15) is 15.3 Å². The molecular formula is C24H28ClN5O4. The highest BCUT2D eigenvalue weighted by atomic mass is 35.5. The summed E-state index contributed by atoms with van der Waals surface area (Å²) in [6, 6.07) is 8.68. The van der Waals surface area contributed by atoms with Crippen LogP contribution in [0.3, 0.4) is 0 Å². The lowest BCUT2D eigenvalue weighted by molar-refractivity contribution is -0.0511. The maximum atomic E-state index is 10.5. The van der Waals surface area contributed by atoms with Crippen molar-refractivity contribution in [3.05, 3.63) is 47.0 Å². The second-order valence-corrected chi connectivity index (χ2v) is 10.1. The second-order valence-electron chi connectivity index (χ2n) is 9.72. The summed E-state index contributed by atoms with van der Waals surface area (Å²) in [6.07, 6.45) is 3.20. The van der Waals surface area contributed by atoms with Gasteiger partial charge in [-0.2, -0.15) is 9.97 Å². The van der Waals surface area contributed by atoms with E-state index in [2.05, 4.69) is 44.1 Å². The number of ether oxygens (including phenoxy) is 1. The fourth-order valence-corrected chi connectivity index (χ4v) is 6.25. The average Bonchev–Trinajstić information content (AvgIpc) is 3.39. The van der Waals surface area contributed by atoms with Crippen LogP contribution in [0.5, 0.6) is 0 Å². The molecule has 1 aromatic carbocycles. The van der Waals surface area contributed by atoms with Gasteiger partial charge in [0.05, 0.1) is 12.9 Å². The number of fused-ring (bicyclic) bond motifs is 3. The number of nitrogens with zero attached hydrogens (tertiary/aromatic N) is 5. The van der Waals surface area contributed by atoms with Crippen molar-refractivity contribution in [2.45, 2.75) is 68.6 Å². The van der Waals surface area contributed by atoms with E-state index in [4.69, 9.17) is 16.3 Å². The van der Waals surface area contributed by atoms with Gasteiger partial charge in [0.15, 0.2) is 23.2 Å². The third-order valence-electron chi connectivity index (χ3n) is 7.72. The van der Waals surface area contributed by atoms with Gasteiger partial charge in [-0.1, -0.05) is 43.5 Å². The zero-order valence-electron chi connectivity index (χ0n) is 18.7. The van der Waals surface area contributed by atoms with Crippen LogP contribution in [0.25, 0.3) is 11.2 Å². The van der Waals surface area contributed by atoms with E-state index in [1.54, 1.807) is 4.57 Å². The predicted molar refractivity (Wildman–Crippen MR) is 126 cm³/mol. The Morgan fingerprint density at radius 1 is 1.09 bits per heavy atom. The number of hydrogen-bond donors (Lipinski definition) is 3. The van der Waals surface area contributed by atoms with Gasteiger partial charge in [0.25, 0.3) is 0 Å². The van der Waals surface area contributed by atoms with Crippen molar-refractivity contribution in [3.63, 3.8) is 0 Å². The van der Waals surface area contributed by atoms with Crippen LogP contribution >= 0.6 is 11.6 Å².